The van der Waals surface area contributed by atoms with Crippen molar-refractivity contribution < 1.29 is 0 Å². The Labute approximate surface area is 405 Å². The van der Waals surface area contributed by atoms with E-state index in [1.807, 2.05) is 0 Å². The third-order valence-corrected chi connectivity index (χ3v) is 15.3. The van der Waals surface area contributed by atoms with Gasteiger partial charge in [-0.15, -0.1) is 0 Å². The lowest BCUT2D eigenvalue weighted by Gasteiger charge is -2.22. The minimum Gasteiger partial charge on any atom is -0.0622 e. The summed E-state index contributed by atoms with van der Waals surface area (Å²) in [6.45, 7) is 0. The zero-order valence-corrected chi connectivity index (χ0v) is 38.2. The molecular weight excluding hydrogens is 841 g/mol. The molecule has 0 heteroatoms. The summed E-state index contributed by atoms with van der Waals surface area (Å²) in [6.07, 6.45) is 0. The van der Waals surface area contributed by atoms with Crippen molar-refractivity contribution in [2.45, 2.75) is 0 Å². The van der Waals surface area contributed by atoms with Crippen LogP contribution in [0.4, 0.5) is 0 Å². The normalized spacial score (nSPS) is 12.0. The standard InChI is InChI=1S/C70H42/c1-4-21-43(22-5-1)47-28-12-15-32-51(47)57-39-40-59-66-61(41-46-27-10-11-31-50(46)64(57)66)70-68(55-36-19-14-30-49(55)45-25-8-3-9-26-45)67-58-38-20-37-56-52-33-16-17-34-53(52)60(63(56)58)42-62(67)65(69(59)70)54-35-18-13-29-48(54)44-23-6-2-7-24-44/h1-42H. The molecule has 0 aromatic heterocycles. The molecule has 15 aromatic carbocycles. The van der Waals surface area contributed by atoms with E-state index in [1.165, 1.54) is 153 Å². The van der Waals surface area contributed by atoms with E-state index in [1.54, 1.807) is 0 Å². The number of hydrogen-bond donors (Lipinski definition) is 0. The molecule has 0 N–H and O–H groups in total. The van der Waals surface area contributed by atoms with E-state index in [0.717, 1.165) is 0 Å². The fourth-order valence-corrected chi connectivity index (χ4v) is 12.5. The summed E-state index contributed by atoms with van der Waals surface area (Å²) in [7, 11) is 0. The molecule has 0 aliphatic rings. The van der Waals surface area contributed by atoms with Gasteiger partial charge in [0.05, 0.1) is 0 Å². The molecule has 0 aliphatic heterocycles. The molecule has 0 aliphatic carbocycles. The molecule has 0 amide bonds. The molecule has 0 bridgehead atoms. The summed E-state index contributed by atoms with van der Waals surface area (Å²) in [6, 6.07) is 95.3. The second-order valence-electron chi connectivity index (χ2n) is 18.9. The van der Waals surface area contributed by atoms with Crippen molar-refractivity contribution in [1.82, 2.24) is 0 Å². The molecule has 0 fully saturated rings. The van der Waals surface area contributed by atoms with Crippen molar-refractivity contribution in [3.05, 3.63) is 255 Å². The summed E-state index contributed by atoms with van der Waals surface area (Å²) in [5.74, 6) is 0. The van der Waals surface area contributed by atoms with Gasteiger partial charge in [0, 0.05) is 0 Å². The summed E-state index contributed by atoms with van der Waals surface area (Å²) in [5, 5.41) is 20.6. The van der Waals surface area contributed by atoms with E-state index in [2.05, 4.69) is 255 Å². The van der Waals surface area contributed by atoms with Crippen LogP contribution in [-0.2, 0) is 0 Å². The van der Waals surface area contributed by atoms with E-state index in [0.29, 0.717) is 0 Å². The Bertz CT molecular complexity index is 4540. The van der Waals surface area contributed by atoms with Gasteiger partial charge in [-0.05, 0) is 165 Å². The quantitative estimate of drug-likeness (QED) is 0.146. The van der Waals surface area contributed by atoms with Crippen molar-refractivity contribution in [3.63, 3.8) is 0 Å². The maximum atomic E-state index is 2.57. The first-order valence-corrected chi connectivity index (χ1v) is 24.4. The zero-order valence-electron chi connectivity index (χ0n) is 38.2. The Hall–Kier alpha value is -9.10. The molecule has 0 unspecified atom stereocenters. The van der Waals surface area contributed by atoms with Gasteiger partial charge in [-0.2, -0.15) is 0 Å². The monoisotopic (exact) mass is 882 g/mol. The van der Waals surface area contributed by atoms with Gasteiger partial charge in [-0.1, -0.05) is 243 Å². The third kappa shape index (κ3) is 5.53. The van der Waals surface area contributed by atoms with Gasteiger partial charge < -0.3 is 0 Å². The number of hydrogen-bond acceptors (Lipinski definition) is 0. The molecule has 15 aromatic rings. The highest BCUT2D eigenvalue weighted by Crippen LogP contribution is 2.58. The maximum absolute atomic E-state index is 2.57. The summed E-state index contributed by atoms with van der Waals surface area (Å²) >= 11 is 0. The van der Waals surface area contributed by atoms with Crippen LogP contribution in [0, 0.1) is 0 Å². The van der Waals surface area contributed by atoms with Gasteiger partial charge in [-0.3, -0.25) is 0 Å². The summed E-state index contributed by atoms with van der Waals surface area (Å²) in [5.41, 5.74) is 14.8. The zero-order chi connectivity index (χ0) is 45.9. The van der Waals surface area contributed by atoms with Crippen LogP contribution in [0.25, 0.3) is 153 Å². The van der Waals surface area contributed by atoms with Crippen molar-refractivity contribution >= 4 is 86.2 Å². The van der Waals surface area contributed by atoms with Gasteiger partial charge in [0.2, 0.25) is 0 Å². The fraction of sp³-hybridized carbons (Fsp3) is 0. The van der Waals surface area contributed by atoms with Crippen LogP contribution < -0.4 is 0 Å². The van der Waals surface area contributed by atoms with E-state index in [-0.39, 0.29) is 0 Å². The second-order valence-corrected chi connectivity index (χ2v) is 18.9. The van der Waals surface area contributed by atoms with E-state index < -0.39 is 0 Å². The minimum atomic E-state index is 1.20. The molecule has 0 nitrogen and oxygen atoms in total. The second kappa shape index (κ2) is 15.2. The summed E-state index contributed by atoms with van der Waals surface area (Å²) in [4.78, 5) is 0. The van der Waals surface area contributed by atoms with E-state index >= 15 is 0 Å². The van der Waals surface area contributed by atoms with Gasteiger partial charge >= 0.3 is 0 Å². The van der Waals surface area contributed by atoms with Crippen molar-refractivity contribution in [3.8, 4) is 66.8 Å². The van der Waals surface area contributed by atoms with Gasteiger partial charge in [0.15, 0.2) is 0 Å². The molecule has 0 saturated carbocycles. The third-order valence-electron chi connectivity index (χ3n) is 15.3. The fourth-order valence-electron chi connectivity index (χ4n) is 12.5. The van der Waals surface area contributed by atoms with Crippen molar-refractivity contribution in [2.75, 3.05) is 0 Å². The van der Waals surface area contributed by atoms with Crippen LogP contribution in [-0.4, -0.2) is 0 Å². The first-order chi connectivity index (χ1) is 34.8. The SMILES string of the molecule is c1ccc(-c2ccccc2-c2c3cc4c5ccccc5c5cccc(c3c(-c3ccccc3-c3ccccc3)c3c6cc7ccccc7c7c(-c8ccccc8-c8ccccc8)ccc(c23)c67)c54)cc1. The Morgan fingerprint density at radius 1 is 0.157 bits per heavy atom. The molecule has 0 radical (unpaired) electrons. The predicted molar refractivity (Wildman–Crippen MR) is 301 cm³/mol. The average Bonchev–Trinajstić information content (AvgIpc) is 3.94. The lowest BCUT2D eigenvalue weighted by Crippen LogP contribution is -1.94. The molecule has 70 heavy (non-hydrogen) atoms. The average molecular weight is 883 g/mol. The summed E-state index contributed by atoms with van der Waals surface area (Å²) < 4.78 is 0. The molecule has 15 rings (SSSR count). The molecule has 322 valence electrons. The molecule has 0 atom stereocenters. The first-order valence-electron chi connectivity index (χ1n) is 24.4. The van der Waals surface area contributed by atoms with Crippen LogP contribution in [0.1, 0.15) is 0 Å². The Morgan fingerprint density at radius 3 is 1.23 bits per heavy atom. The van der Waals surface area contributed by atoms with Crippen LogP contribution in [0.2, 0.25) is 0 Å². The lowest BCUT2D eigenvalue weighted by molar-refractivity contribution is 1.60. The molecular formula is C70H42. The van der Waals surface area contributed by atoms with Crippen LogP contribution >= 0.6 is 0 Å². The van der Waals surface area contributed by atoms with Crippen LogP contribution in [0.3, 0.4) is 0 Å². The maximum Gasteiger partial charge on any atom is -0.000674 e. The van der Waals surface area contributed by atoms with Crippen LogP contribution in [0.15, 0.2) is 255 Å². The minimum absolute atomic E-state index is 1.20. The predicted octanol–water partition coefficient (Wildman–Crippen LogP) is 19.8. The smallest absolute Gasteiger partial charge is 0.000674 e. The Morgan fingerprint density at radius 2 is 0.600 bits per heavy atom. The Balaban J connectivity index is 1.24. The number of benzene rings is 13. The first kappa shape index (κ1) is 38.9. The highest BCUT2D eigenvalue weighted by Gasteiger charge is 2.30. The number of rotatable bonds is 6. The van der Waals surface area contributed by atoms with E-state index in [4.69, 9.17) is 0 Å². The number of fused-ring (bicyclic) bond motifs is 10. The highest BCUT2D eigenvalue weighted by atomic mass is 14.3. The van der Waals surface area contributed by atoms with Gasteiger partial charge in [0.1, 0.15) is 0 Å². The van der Waals surface area contributed by atoms with Gasteiger partial charge in [0.25, 0.3) is 0 Å². The van der Waals surface area contributed by atoms with E-state index in [9.17, 15) is 0 Å². The molecule has 0 saturated heterocycles. The molecule has 0 heterocycles. The topological polar surface area (TPSA) is 0 Å². The largest absolute Gasteiger partial charge is 0.0622 e. The highest BCUT2D eigenvalue weighted by molar-refractivity contribution is 6.47. The van der Waals surface area contributed by atoms with Crippen LogP contribution in [0.5, 0.6) is 0 Å². The molecule has 0 spiro atoms. The van der Waals surface area contributed by atoms with Gasteiger partial charge in [-0.25, -0.2) is 0 Å². The lowest BCUT2D eigenvalue weighted by atomic mass is 9.81. The van der Waals surface area contributed by atoms with Crippen molar-refractivity contribution in [1.29, 1.82) is 0 Å². The Kier molecular flexibility index (Phi) is 8.46. The van der Waals surface area contributed by atoms with Crippen molar-refractivity contribution in [2.24, 2.45) is 0 Å².